The summed E-state index contributed by atoms with van der Waals surface area (Å²) in [5.41, 5.74) is 5.75. The molecule has 5 nitrogen and oxygen atoms in total. The van der Waals surface area contributed by atoms with Gasteiger partial charge in [0.15, 0.2) is 11.5 Å². The molecule has 5 heteroatoms. The van der Waals surface area contributed by atoms with E-state index in [-0.39, 0.29) is 0 Å². The molecular weight excluding hydrogens is 432 g/mol. The van der Waals surface area contributed by atoms with Gasteiger partial charge >= 0.3 is 0 Å². The summed E-state index contributed by atoms with van der Waals surface area (Å²) < 4.78 is 6.45. The minimum atomic E-state index is 0.445. The molecule has 0 spiro atoms. The van der Waals surface area contributed by atoms with Crippen molar-refractivity contribution in [3.63, 3.8) is 0 Å². The first-order valence-electron chi connectivity index (χ1n) is 12.6. The number of hydrogen-bond donors (Lipinski definition) is 0. The molecule has 2 aromatic heterocycles. The highest BCUT2D eigenvalue weighted by atomic mass is 16.5. The van der Waals surface area contributed by atoms with Crippen LogP contribution in [0.25, 0.3) is 11.1 Å². The molecule has 35 heavy (non-hydrogen) atoms. The third kappa shape index (κ3) is 3.67. The third-order valence-corrected chi connectivity index (χ3v) is 7.85. The summed E-state index contributed by atoms with van der Waals surface area (Å²) in [6.45, 7) is 0.952. The lowest BCUT2D eigenvalue weighted by molar-refractivity contribution is 0.118. The van der Waals surface area contributed by atoms with E-state index in [0.29, 0.717) is 18.1 Å². The Balaban J connectivity index is 1.22. The Bertz CT molecular complexity index is 1330. The van der Waals surface area contributed by atoms with E-state index in [0.717, 1.165) is 42.0 Å². The Morgan fingerprint density at radius 3 is 2.37 bits per heavy atom. The molecule has 3 aliphatic heterocycles. The Labute approximate surface area is 206 Å². The number of pyridine rings is 2. The molecule has 174 valence electrons. The van der Waals surface area contributed by atoms with Crippen molar-refractivity contribution in [1.29, 1.82) is 0 Å². The molecule has 3 aliphatic rings. The Kier molecular flexibility index (Phi) is 5.02. The van der Waals surface area contributed by atoms with Crippen LogP contribution in [0.15, 0.2) is 91.4 Å². The van der Waals surface area contributed by atoms with E-state index < -0.39 is 0 Å². The zero-order chi connectivity index (χ0) is 23.2. The van der Waals surface area contributed by atoms with Gasteiger partial charge in [0.05, 0.1) is 17.1 Å². The molecule has 2 aromatic carbocycles. The van der Waals surface area contributed by atoms with Crippen molar-refractivity contribution in [3.8, 4) is 22.6 Å². The highest BCUT2D eigenvalue weighted by Crippen LogP contribution is 2.51. The van der Waals surface area contributed by atoms with Gasteiger partial charge in [-0.25, -0.2) is 0 Å². The number of nitrogens with zero attached hydrogens (tertiary/aromatic N) is 4. The zero-order valence-electron chi connectivity index (χ0n) is 19.6. The summed E-state index contributed by atoms with van der Waals surface area (Å²) in [4.78, 5) is 14.2. The molecule has 2 fully saturated rings. The molecule has 4 aromatic rings. The summed E-state index contributed by atoms with van der Waals surface area (Å²) in [7, 11) is 0. The van der Waals surface area contributed by atoms with Crippen LogP contribution in [-0.2, 0) is 6.54 Å². The number of piperidine rings is 1. The van der Waals surface area contributed by atoms with Gasteiger partial charge in [0.1, 0.15) is 0 Å². The van der Waals surface area contributed by atoms with E-state index in [1.807, 2.05) is 30.7 Å². The third-order valence-electron chi connectivity index (χ3n) is 7.85. The summed E-state index contributed by atoms with van der Waals surface area (Å²) in [6, 6.07) is 27.0. The number of rotatable bonds is 4. The van der Waals surface area contributed by atoms with E-state index in [2.05, 4.69) is 80.4 Å². The molecule has 0 amide bonds. The molecule has 0 aliphatic carbocycles. The number of benzene rings is 2. The summed E-state index contributed by atoms with van der Waals surface area (Å²) in [5.74, 6) is 1.86. The normalized spacial score (nSPS) is 22.9. The zero-order valence-corrected chi connectivity index (χ0v) is 19.6. The van der Waals surface area contributed by atoms with Crippen LogP contribution in [0.5, 0.6) is 11.5 Å². The van der Waals surface area contributed by atoms with E-state index in [9.17, 15) is 0 Å². The quantitative estimate of drug-likeness (QED) is 0.344. The van der Waals surface area contributed by atoms with Crippen molar-refractivity contribution in [2.75, 3.05) is 4.90 Å². The van der Waals surface area contributed by atoms with Crippen molar-refractivity contribution in [1.82, 2.24) is 14.9 Å². The van der Waals surface area contributed by atoms with Crippen molar-refractivity contribution in [2.24, 2.45) is 0 Å². The second-order valence-electron chi connectivity index (χ2n) is 9.87. The van der Waals surface area contributed by atoms with Crippen molar-refractivity contribution >= 4 is 11.4 Å². The smallest absolute Gasteiger partial charge is 0.151 e. The van der Waals surface area contributed by atoms with E-state index in [4.69, 9.17) is 4.74 Å². The average Bonchev–Trinajstić information content (AvgIpc) is 3.14. The van der Waals surface area contributed by atoms with Gasteiger partial charge in [-0.3, -0.25) is 14.9 Å². The summed E-state index contributed by atoms with van der Waals surface area (Å²) >= 11 is 0. The van der Waals surface area contributed by atoms with Crippen LogP contribution < -0.4 is 9.64 Å². The molecule has 2 atom stereocenters. The van der Waals surface area contributed by atoms with Gasteiger partial charge in [-0.1, -0.05) is 30.3 Å². The maximum Gasteiger partial charge on any atom is 0.151 e. The first kappa shape index (κ1) is 20.7. The van der Waals surface area contributed by atoms with Gasteiger partial charge in [0, 0.05) is 48.8 Å². The van der Waals surface area contributed by atoms with Gasteiger partial charge in [-0.15, -0.1) is 0 Å². The van der Waals surface area contributed by atoms with Crippen LogP contribution in [0, 0.1) is 0 Å². The van der Waals surface area contributed by atoms with Crippen LogP contribution in [0.2, 0.25) is 0 Å². The molecule has 0 radical (unpaired) electrons. The molecule has 2 saturated heterocycles. The van der Waals surface area contributed by atoms with Gasteiger partial charge in [-0.05, 0) is 73.7 Å². The lowest BCUT2D eigenvalue weighted by Crippen LogP contribution is -2.49. The first-order chi connectivity index (χ1) is 17.3. The second-order valence-corrected chi connectivity index (χ2v) is 9.87. The minimum absolute atomic E-state index is 0.445. The van der Waals surface area contributed by atoms with E-state index in [1.165, 1.54) is 29.9 Å². The number of anilines is 2. The Hall–Kier alpha value is -3.70. The van der Waals surface area contributed by atoms with Gasteiger partial charge in [-0.2, -0.15) is 0 Å². The molecular formula is C30H28N4O. The summed E-state index contributed by atoms with van der Waals surface area (Å²) in [5, 5.41) is 0. The highest BCUT2D eigenvalue weighted by molar-refractivity contribution is 5.81. The van der Waals surface area contributed by atoms with Gasteiger partial charge in [0.25, 0.3) is 0 Å². The van der Waals surface area contributed by atoms with Crippen molar-refractivity contribution < 1.29 is 4.74 Å². The number of ether oxygens (including phenoxy) is 1. The standard InChI is InChI=1S/C30H28N4O/c1-2-9-29-27(8-1)34(28-13-10-21(16-30(28)35-29)22-6-5-14-31-19-22)26-17-24-11-12-25(18-26)33(24)20-23-7-3-4-15-32-23/h1-10,13-16,19,24-26H,11-12,17-18,20H2. The molecule has 5 heterocycles. The number of hydrogen-bond acceptors (Lipinski definition) is 5. The largest absolute Gasteiger partial charge is 0.453 e. The van der Waals surface area contributed by atoms with Gasteiger partial charge < -0.3 is 9.64 Å². The molecule has 0 N–H and O–H groups in total. The van der Waals surface area contributed by atoms with Crippen molar-refractivity contribution in [2.45, 2.75) is 50.4 Å². The Morgan fingerprint density at radius 1 is 0.743 bits per heavy atom. The fourth-order valence-corrected chi connectivity index (χ4v) is 6.29. The van der Waals surface area contributed by atoms with Crippen molar-refractivity contribution in [3.05, 3.63) is 97.1 Å². The monoisotopic (exact) mass is 460 g/mol. The number of aromatic nitrogens is 2. The van der Waals surface area contributed by atoms with Crippen LogP contribution in [0.3, 0.4) is 0 Å². The average molecular weight is 461 g/mol. The van der Waals surface area contributed by atoms with Crippen LogP contribution >= 0.6 is 0 Å². The molecule has 7 rings (SSSR count). The van der Waals surface area contributed by atoms with Crippen LogP contribution in [-0.4, -0.2) is 33.0 Å². The second kappa shape index (κ2) is 8.51. The van der Waals surface area contributed by atoms with Crippen LogP contribution in [0.1, 0.15) is 31.4 Å². The lowest BCUT2D eigenvalue weighted by atomic mass is 9.93. The number of para-hydroxylation sites is 2. The predicted molar refractivity (Wildman–Crippen MR) is 138 cm³/mol. The molecule has 2 bridgehead atoms. The SMILES string of the molecule is c1ccc(CN2C3CCC2CC(N2c4ccccc4Oc4cc(-c5cccnc5)ccc42)C3)nc1. The number of fused-ring (bicyclic) bond motifs is 4. The van der Waals surface area contributed by atoms with Crippen LogP contribution in [0.4, 0.5) is 11.4 Å². The van der Waals surface area contributed by atoms with E-state index in [1.54, 1.807) is 0 Å². The maximum atomic E-state index is 6.45. The fraction of sp³-hybridized carbons (Fsp3) is 0.267. The first-order valence-corrected chi connectivity index (χ1v) is 12.6. The van der Waals surface area contributed by atoms with E-state index >= 15 is 0 Å². The summed E-state index contributed by atoms with van der Waals surface area (Å²) in [6.07, 6.45) is 10.5. The fourth-order valence-electron chi connectivity index (χ4n) is 6.29. The topological polar surface area (TPSA) is 41.5 Å². The predicted octanol–water partition coefficient (Wildman–Crippen LogP) is 6.58. The lowest BCUT2D eigenvalue weighted by Gasteiger charge is -2.46. The van der Waals surface area contributed by atoms with Gasteiger partial charge in [0.2, 0.25) is 0 Å². The Morgan fingerprint density at radius 2 is 1.57 bits per heavy atom. The molecule has 0 saturated carbocycles. The maximum absolute atomic E-state index is 6.45. The molecule has 2 unspecified atom stereocenters. The minimum Gasteiger partial charge on any atom is -0.453 e. The highest BCUT2D eigenvalue weighted by Gasteiger charge is 2.44.